The Hall–Kier alpha value is -2.23. The number of carbonyl (C=O) groups is 1. The summed E-state index contributed by atoms with van der Waals surface area (Å²) >= 11 is 0. The van der Waals surface area contributed by atoms with Crippen LogP contribution in [0, 0.1) is 0 Å². The Bertz CT molecular complexity index is 531. The van der Waals surface area contributed by atoms with Gasteiger partial charge in [-0.25, -0.2) is 4.79 Å². The van der Waals surface area contributed by atoms with E-state index in [2.05, 4.69) is 0 Å². The molecule has 0 bridgehead atoms. The number of anilines is 1. The standard InChI is InChI=1S/C13H13NO3/c1-2-16-13(15)12-8-7-11(17-12)9-5-3-4-6-10(9)14/h3-8H,2,14H2,1H3. The highest BCUT2D eigenvalue weighted by molar-refractivity contribution is 5.87. The summed E-state index contributed by atoms with van der Waals surface area (Å²) in [6.07, 6.45) is 0. The number of esters is 1. The molecule has 2 rings (SSSR count). The van der Waals surface area contributed by atoms with Gasteiger partial charge in [0.1, 0.15) is 5.76 Å². The lowest BCUT2D eigenvalue weighted by molar-refractivity contribution is 0.0491. The molecule has 1 aromatic carbocycles. The molecule has 0 spiro atoms. The van der Waals surface area contributed by atoms with Gasteiger partial charge in [0.05, 0.1) is 6.61 Å². The van der Waals surface area contributed by atoms with Crippen molar-refractivity contribution in [3.8, 4) is 11.3 Å². The Balaban J connectivity index is 2.30. The molecule has 0 aliphatic carbocycles. The Labute approximate surface area is 99.0 Å². The molecule has 0 atom stereocenters. The normalized spacial score (nSPS) is 10.2. The van der Waals surface area contributed by atoms with Crippen molar-refractivity contribution in [3.05, 3.63) is 42.2 Å². The minimum atomic E-state index is -0.465. The van der Waals surface area contributed by atoms with Gasteiger partial charge >= 0.3 is 5.97 Å². The fourth-order valence-corrected chi connectivity index (χ4v) is 1.52. The Kier molecular flexibility index (Phi) is 3.14. The van der Waals surface area contributed by atoms with Crippen LogP contribution in [0.15, 0.2) is 40.8 Å². The van der Waals surface area contributed by atoms with Crippen molar-refractivity contribution in [2.24, 2.45) is 0 Å². The molecule has 0 radical (unpaired) electrons. The summed E-state index contributed by atoms with van der Waals surface area (Å²) in [6.45, 7) is 2.07. The SMILES string of the molecule is CCOC(=O)c1ccc(-c2ccccc2N)o1. The minimum Gasteiger partial charge on any atom is -0.460 e. The first-order valence-electron chi connectivity index (χ1n) is 5.34. The van der Waals surface area contributed by atoms with Crippen molar-refractivity contribution < 1.29 is 13.9 Å². The molecule has 2 N–H and O–H groups in total. The second-order valence-electron chi connectivity index (χ2n) is 3.47. The van der Waals surface area contributed by atoms with E-state index in [1.807, 2.05) is 18.2 Å². The summed E-state index contributed by atoms with van der Waals surface area (Å²) in [5.74, 6) is 0.282. The molecular weight excluding hydrogens is 218 g/mol. The summed E-state index contributed by atoms with van der Waals surface area (Å²) < 4.78 is 10.3. The molecule has 0 aliphatic heterocycles. The number of ether oxygens (including phenoxy) is 1. The average Bonchev–Trinajstić information content (AvgIpc) is 2.79. The minimum absolute atomic E-state index is 0.185. The van der Waals surface area contributed by atoms with Crippen LogP contribution in [0.25, 0.3) is 11.3 Å². The quantitative estimate of drug-likeness (QED) is 0.651. The molecule has 0 unspecified atom stereocenters. The summed E-state index contributed by atoms with van der Waals surface area (Å²) in [4.78, 5) is 11.4. The second kappa shape index (κ2) is 4.74. The monoisotopic (exact) mass is 231 g/mol. The van der Waals surface area contributed by atoms with Gasteiger partial charge in [-0.05, 0) is 31.2 Å². The maximum atomic E-state index is 11.4. The topological polar surface area (TPSA) is 65.5 Å². The summed E-state index contributed by atoms with van der Waals surface area (Å²) in [5, 5.41) is 0. The van der Waals surface area contributed by atoms with Crippen LogP contribution in [0.2, 0.25) is 0 Å². The van der Waals surface area contributed by atoms with Gasteiger partial charge in [0.25, 0.3) is 0 Å². The molecule has 88 valence electrons. The second-order valence-corrected chi connectivity index (χ2v) is 3.47. The molecule has 4 nitrogen and oxygen atoms in total. The maximum Gasteiger partial charge on any atom is 0.374 e. The van der Waals surface area contributed by atoms with Crippen LogP contribution in [0.1, 0.15) is 17.5 Å². The zero-order valence-corrected chi connectivity index (χ0v) is 9.47. The van der Waals surface area contributed by atoms with Gasteiger partial charge in [0, 0.05) is 11.3 Å². The van der Waals surface area contributed by atoms with Gasteiger partial charge in [-0.15, -0.1) is 0 Å². The summed E-state index contributed by atoms with van der Waals surface area (Å²) in [7, 11) is 0. The Morgan fingerprint density at radius 2 is 2.06 bits per heavy atom. The smallest absolute Gasteiger partial charge is 0.374 e. The van der Waals surface area contributed by atoms with Crippen LogP contribution in [0.3, 0.4) is 0 Å². The van der Waals surface area contributed by atoms with Crippen molar-refractivity contribution in [1.82, 2.24) is 0 Å². The van der Waals surface area contributed by atoms with E-state index >= 15 is 0 Å². The zero-order chi connectivity index (χ0) is 12.3. The van der Waals surface area contributed by atoms with Crippen molar-refractivity contribution >= 4 is 11.7 Å². The molecule has 4 heteroatoms. The molecule has 2 aromatic rings. The van der Waals surface area contributed by atoms with E-state index in [-0.39, 0.29) is 5.76 Å². The number of hydrogen-bond acceptors (Lipinski definition) is 4. The van der Waals surface area contributed by atoms with Crippen molar-refractivity contribution in [1.29, 1.82) is 0 Å². The van der Waals surface area contributed by atoms with Gasteiger partial charge in [-0.2, -0.15) is 0 Å². The fraction of sp³-hybridized carbons (Fsp3) is 0.154. The fourth-order valence-electron chi connectivity index (χ4n) is 1.52. The number of benzene rings is 1. The van der Waals surface area contributed by atoms with Crippen molar-refractivity contribution in [2.45, 2.75) is 6.92 Å². The highest BCUT2D eigenvalue weighted by Crippen LogP contribution is 2.27. The van der Waals surface area contributed by atoms with Crippen LogP contribution < -0.4 is 5.73 Å². The van der Waals surface area contributed by atoms with E-state index in [0.717, 1.165) is 5.56 Å². The first-order chi connectivity index (χ1) is 8.22. The van der Waals surface area contributed by atoms with Crippen LogP contribution in [-0.4, -0.2) is 12.6 Å². The molecule has 0 saturated carbocycles. The molecule has 1 heterocycles. The first-order valence-corrected chi connectivity index (χ1v) is 5.34. The number of hydrogen-bond donors (Lipinski definition) is 1. The highest BCUT2D eigenvalue weighted by Gasteiger charge is 2.13. The number of para-hydroxylation sites is 1. The predicted octanol–water partition coefficient (Wildman–Crippen LogP) is 2.71. The number of furan rings is 1. The van der Waals surface area contributed by atoms with Crippen LogP contribution in [-0.2, 0) is 4.74 Å². The van der Waals surface area contributed by atoms with Gasteiger partial charge in [-0.1, -0.05) is 12.1 Å². The molecule has 1 aromatic heterocycles. The summed E-state index contributed by atoms with van der Waals surface area (Å²) in [5.41, 5.74) is 7.20. The third-order valence-corrected chi connectivity index (χ3v) is 2.31. The Morgan fingerprint density at radius 1 is 1.29 bits per heavy atom. The lowest BCUT2D eigenvalue weighted by Crippen LogP contribution is -2.02. The number of rotatable bonds is 3. The van der Waals surface area contributed by atoms with E-state index in [0.29, 0.717) is 18.1 Å². The molecule has 0 saturated heterocycles. The van der Waals surface area contributed by atoms with Gasteiger partial charge < -0.3 is 14.9 Å². The molecule has 0 fully saturated rings. The molecule has 0 amide bonds. The maximum absolute atomic E-state index is 11.4. The average molecular weight is 231 g/mol. The van der Waals surface area contributed by atoms with E-state index < -0.39 is 5.97 Å². The summed E-state index contributed by atoms with van der Waals surface area (Å²) in [6, 6.07) is 10.6. The molecule has 17 heavy (non-hydrogen) atoms. The molecular formula is C13H13NO3. The number of nitrogen functional groups attached to an aromatic ring is 1. The van der Waals surface area contributed by atoms with Gasteiger partial charge in [0.15, 0.2) is 0 Å². The van der Waals surface area contributed by atoms with E-state index in [1.54, 1.807) is 25.1 Å². The van der Waals surface area contributed by atoms with Crippen molar-refractivity contribution in [2.75, 3.05) is 12.3 Å². The Morgan fingerprint density at radius 3 is 2.76 bits per heavy atom. The van der Waals surface area contributed by atoms with E-state index in [9.17, 15) is 4.79 Å². The first kappa shape index (κ1) is 11.3. The van der Waals surface area contributed by atoms with Crippen LogP contribution in [0.5, 0.6) is 0 Å². The van der Waals surface area contributed by atoms with Gasteiger partial charge in [0.2, 0.25) is 5.76 Å². The molecule has 0 aliphatic rings. The van der Waals surface area contributed by atoms with E-state index in [1.165, 1.54) is 0 Å². The number of carbonyl (C=O) groups excluding carboxylic acids is 1. The van der Waals surface area contributed by atoms with Crippen molar-refractivity contribution in [3.63, 3.8) is 0 Å². The zero-order valence-electron chi connectivity index (χ0n) is 9.47. The lowest BCUT2D eigenvalue weighted by Gasteiger charge is -2.01. The number of nitrogens with two attached hydrogens (primary N) is 1. The predicted molar refractivity (Wildman–Crippen MR) is 64.5 cm³/mol. The highest BCUT2D eigenvalue weighted by atomic mass is 16.5. The third-order valence-electron chi connectivity index (χ3n) is 2.31. The van der Waals surface area contributed by atoms with Crippen LogP contribution in [0.4, 0.5) is 5.69 Å². The largest absolute Gasteiger partial charge is 0.460 e. The lowest BCUT2D eigenvalue weighted by atomic mass is 10.1. The van der Waals surface area contributed by atoms with Gasteiger partial charge in [-0.3, -0.25) is 0 Å². The van der Waals surface area contributed by atoms with Crippen LogP contribution >= 0.6 is 0 Å². The third kappa shape index (κ3) is 2.30. The van der Waals surface area contributed by atoms with E-state index in [4.69, 9.17) is 14.9 Å².